The highest BCUT2D eigenvalue weighted by atomic mass is 35.5. The van der Waals surface area contributed by atoms with E-state index < -0.39 is 0 Å². The molecule has 0 bridgehead atoms. The number of carbonyl (C=O) groups excluding carboxylic acids is 1. The van der Waals surface area contributed by atoms with Crippen LogP contribution in [0.3, 0.4) is 0 Å². The number of carbonyl (C=O) groups is 1. The van der Waals surface area contributed by atoms with Gasteiger partial charge >= 0.3 is 0 Å². The van der Waals surface area contributed by atoms with Crippen LogP contribution >= 0.6 is 23.2 Å². The zero-order chi connectivity index (χ0) is 18.5. The summed E-state index contributed by atoms with van der Waals surface area (Å²) in [6.07, 6.45) is 2.90. The highest BCUT2D eigenvalue weighted by Gasteiger charge is 2.09. The van der Waals surface area contributed by atoms with Crippen molar-refractivity contribution in [2.75, 3.05) is 5.32 Å². The predicted octanol–water partition coefficient (Wildman–Crippen LogP) is 4.77. The Kier molecular flexibility index (Phi) is 5.71. The molecule has 0 saturated heterocycles. The average molecular weight is 387 g/mol. The number of anilines is 2. The molecule has 3 rings (SSSR count). The quantitative estimate of drug-likeness (QED) is 0.662. The molecule has 2 N–H and O–H groups in total. The smallest absolute Gasteiger partial charge is 0.271 e. The number of nitrogens with zero attached hydrogens (tertiary/aromatic N) is 2. The molecule has 1 aromatic heterocycles. The van der Waals surface area contributed by atoms with Crippen molar-refractivity contribution < 1.29 is 4.79 Å². The summed E-state index contributed by atoms with van der Waals surface area (Å²) in [6.45, 7) is 2.44. The highest BCUT2D eigenvalue weighted by Crippen LogP contribution is 2.24. The lowest BCUT2D eigenvalue weighted by Crippen LogP contribution is -2.24. The number of rotatable bonds is 5. The van der Waals surface area contributed by atoms with Crippen LogP contribution in [0.5, 0.6) is 0 Å². The minimum Gasteiger partial charge on any atom is -0.347 e. The van der Waals surface area contributed by atoms with Crippen LogP contribution in [0.15, 0.2) is 54.9 Å². The molecule has 132 valence electrons. The van der Waals surface area contributed by atoms with E-state index in [4.69, 9.17) is 23.2 Å². The molecule has 0 aliphatic carbocycles. The van der Waals surface area contributed by atoms with Crippen LogP contribution in [0.1, 0.15) is 21.6 Å². The Labute approximate surface area is 161 Å². The molecule has 0 aliphatic rings. The van der Waals surface area contributed by atoms with Gasteiger partial charge in [0.1, 0.15) is 11.5 Å². The summed E-state index contributed by atoms with van der Waals surface area (Å²) < 4.78 is 0. The van der Waals surface area contributed by atoms with Crippen molar-refractivity contribution >= 4 is 40.6 Å². The Bertz CT molecular complexity index is 909. The maximum atomic E-state index is 12.2. The van der Waals surface area contributed by atoms with Crippen LogP contribution in [0.2, 0.25) is 10.0 Å². The summed E-state index contributed by atoms with van der Waals surface area (Å²) in [5.74, 6) is 0.205. The van der Waals surface area contributed by atoms with Crippen LogP contribution in [-0.4, -0.2) is 15.9 Å². The standard InChI is InChI=1S/C19H16Cl2N4O/c1-12-4-2-3-5-13(12)9-24-19(26)17-10-23-18(11-22-17)25-16-7-14(20)6-15(21)8-16/h2-8,10-11H,9H2,1H3,(H,23,25)(H,24,26). The van der Waals surface area contributed by atoms with Gasteiger partial charge in [0.15, 0.2) is 0 Å². The van der Waals surface area contributed by atoms with Gasteiger partial charge in [-0.1, -0.05) is 47.5 Å². The first-order chi connectivity index (χ1) is 12.5. The number of nitrogens with one attached hydrogen (secondary N) is 2. The van der Waals surface area contributed by atoms with Gasteiger partial charge in [0.05, 0.1) is 12.4 Å². The van der Waals surface area contributed by atoms with E-state index in [-0.39, 0.29) is 11.6 Å². The van der Waals surface area contributed by atoms with E-state index in [0.717, 1.165) is 11.1 Å². The lowest BCUT2D eigenvalue weighted by atomic mass is 10.1. The van der Waals surface area contributed by atoms with Crippen molar-refractivity contribution in [3.05, 3.63) is 81.7 Å². The molecule has 0 atom stereocenters. The molecule has 7 heteroatoms. The van der Waals surface area contributed by atoms with Crippen LogP contribution in [-0.2, 0) is 6.54 Å². The molecule has 1 heterocycles. The first-order valence-electron chi connectivity index (χ1n) is 7.89. The topological polar surface area (TPSA) is 66.9 Å². The third-order valence-electron chi connectivity index (χ3n) is 3.72. The zero-order valence-corrected chi connectivity index (χ0v) is 15.5. The molecule has 0 saturated carbocycles. The highest BCUT2D eigenvalue weighted by molar-refractivity contribution is 6.35. The fraction of sp³-hybridized carbons (Fsp3) is 0.105. The fourth-order valence-electron chi connectivity index (χ4n) is 2.36. The molecule has 0 unspecified atom stereocenters. The first kappa shape index (κ1) is 18.2. The summed E-state index contributed by atoms with van der Waals surface area (Å²) in [5.41, 5.74) is 3.12. The lowest BCUT2D eigenvalue weighted by Gasteiger charge is -2.09. The SMILES string of the molecule is Cc1ccccc1CNC(=O)c1cnc(Nc2cc(Cl)cc(Cl)c2)cn1. The second-order valence-corrected chi connectivity index (χ2v) is 6.55. The van der Waals surface area contributed by atoms with Gasteiger partial charge in [0.25, 0.3) is 5.91 Å². The van der Waals surface area contributed by atoms with Gasteiger partial charge in [-0.25, -0.2) is 9.97 Å². The Morgan fingerprint density at radius 3 is 2.42 bits per heavy atom. The van der Waals surface area contributed by atoms with Gasteiger partial charge in [0.2, 0.25) is 0 Å². The Morgan fingerprint density at radius 1 is 1.04 bits per heavy atom. The van der Waals surface area contributed by atoms with Crippen molar-refractivity contribution in [2.24, 2.45) is 0 Å². The third kappa shape index (κ3) is 4.71. The monoisotopic (exact) mass is 386 g/mol. The molecule has 0 spiro atoms. The molecule has 26 heavy (non-hydrogen) atoms. The predicted molar refractivity (Wildman–Crippen MR) is 104 cm³/mol. The number of aromatic nitrogens is 2. The van der Waals surface area contributed by atoms with E-state index in [0.29, 0.717) is 28.1 Å². The van der Waals surface area contributed by atoms with E-state index in [1.165, 1.54) is 12.4 Å². The second-order valence-electron chi connectivity index (χ2n) is 5.68. The largest absolute Gasteiger partial charge is 0.347 e. The Hall–Kier alpha value is -2.63. The van der Waals surface area contributed by atoms with Gasteiger partial charge in [0, 0.05) is 22.3 Å². The molecule has 0 aliphatic heterocycles. The Morgan fingerprint density at radius 2 is 1.77 bits per heavy atom. The summed E-state index contributed by atoms with van der Waals surface area (Å²) >= 11 is 11.9. The molecular weight excluding hydrogens is 371 g/mol. The van der Waals surface area contributed by atoms with E-state index in [1.54, 1.807) is 18.2 Å². The second kappa shape index (κ2) is 8.17. The first-order valence-corrected chi connectivity index (χ1v) is 8.65. The van der Waals surface area contributed by atoms with E-state index >= 15 is 0 Å². The molecule has 5 nitrogen and oxygen atoms in total. The van der Waals surface area contributed by atoms with Gasteiger partial charge in [-0.3, -0.25) is 4.79 Å². The minimum absolute atomic E-state index is 0.244. The van der Waals surface area contributed by atoms with Crippen molar-refractivity contribution in [3.8, 4) is 0 Å². The Balaban J connectivity index is 1.63. The summed E-state index contributed by atoms with van der Waals surface area (Å²) in [6, 6.07) is 13.0. The molecule has 0 fully saturated rings. The number of benzene rings is 2. The van der Waals surface area contributed by atoms with Gasteiger partial charge in [-0.05, 0) is 36.2 Å². The van der Waals surface area contributed by atoms with E-state index in [1.807, 2.05) is 31.2 Å². The van der Waals surface area contributed by atoms with Gasteiger partial charge in [-0.2, -0.15) is 0 Å². The summed E-state index contributed by atoms with van der Waals surface area (Å²) in [4.78, 5) is 20.6. The number of hydrogen-bond donors (Lipinski definition) is 2. The van der Waals surface area contributed by atoms with E-state index in [9.17, 15) is 4.79 Å². The van der Waals surface area contributed by atoms with Crippen molar-refractivity contribution in [2.45, 2.75) is 13.5 Å². The molecule has 0 radical (unpaired) electrons. The van der Waals surface area contributed by atoms with E-state index in [2.05, 4.69) is 20.6 Å². The van der Waals surface area contributed by atoms with Crippen LogP contribution in [0.25, 0.3) is 0 Å². The summed E-state index contributed by atoms with van der Waals surface area (Å²) in [7, 11) is 0. The molecular formula is C19H16Cl2N4O. The van der Waals surface area contributed by atoms with Crippen LogP contribution in [0, 0.1) is 6.92 Å². The normalized spacial score (nSPS) is 10.4. The number of hydrogen-bond acceptors (Lipinski definition) is 4. The number of halogens is 2. The van der Waals surface area contributed by atoms with Crippen LogP contribution < -0.4 is 10.6 Å². The van der Waals surface area contributed by atoms with Crippen molar-refractivity contribution in [1.29, 1.82) is 0 Å². The number of amides is 1. The van der Waals surface area contributed by atoms with Crippen molar-refractivity contribution in [1.82, 2.24) is 15.3 Å². The fourth-order valence-corrected chi connectivity index (χ4v) is 2.88. The minimum atomic E-state index is -0.280. The summed E-state index contributed by atoms with van der Waals surface area (Å²) in [5, 5.41) is 6.91. The van der Waals surface area contributed by atoms with Crippen LogP contribution in [0.4, 0.5) is 11.5 Å². The maximum Gasteiger partial charge on any atom is 0.271 e. The third-order valence-corrected chi connectivity index (χ3v) is 4.16. The zero-order valence-electron chi connectivity index (χ0n) is 14.0. The molecule has 2 aromatic carbocycles. The maximum absolute atomic E-state index is 12.2. The average Bonchev–Trinajstić information content (AvgIpc) is 2.60. The lowest BCUT2D eigenvalue weighted by molar-refractivity contribution is 0.0945. The molecule has 1 amide bonds. The molecule has 3 aromatic rings. The van der Waals surface area contributed by atoms with Gasteiger partial charge in [-0.15, -0.1) is 0 Å². The number of aryl methyl sites for hydroxylation is 1. The van der Waals surface area contributed by atoms with Gasteiger partial charge < -0.3 is 10.6 Å². The van der Waals surface area contributed by atoms with Crippen molar-refractivity contribution in [3.63, 3.8) is 0 Å².